The molecule has 7 heteroatoms. The van der Waals surface area contributed by atoms with Gasteiger partial charge in [0, 0.05) is 31.2 Å². The molecule has 1 N–H and O–H groups in total. The van der Waals surface area contributed by atoms with Crippen LogP contribution in [-0.2, 0) is 19.1 Å². The van der Waals surface area contributed by atoms with E-state index >= 15 is 0 Å². The minimum atomic E-state index is -0.442. The number of carbonyl (C=O) groups is 3. The first-order valence-electron chi connectivity index (χ1n) is 10.1. The van der Waals surface area contributed by atoms with E-state index in [-0.39, 0.29) is 23.9 Å². The lowest BCUT2D eigenvalue weighted by atomic mass is 9.88. The van der Waals surface area contributed by atoms with Crippen LogP contribution in [0.1, 0.15) is 43.6 Å². The lowest BCUT2D eigenvalue weighted by molar-refractivity contribution is -0.134. The van der Waals surface area contributed by atoms with Gasteiger partial charge in [0.15, 0.2) is 0 Å². The van der Waals surface area contributed by atoms with Crippen molar-refractivity contribution >= 4 is 35.0 Å². The molecule has 0 aromatic heterocycles. The van der Waals surface area contributed by atoms with Gasteiger partial charge in [0.2, 0.25) is 17.7 Å². The van der Waals surface area contributed by atoms with E-state index in [9.17, 15) is 14.4 Å². The zero-order valence-electron chi connectivity index (χ0n) is 16.7. The Morgan fingerprint density at radius 3 is 2.50 bits per heavy atom. The normalized spacial score (nSPS) is 22.2. The van der Waals surface area contributed by atoms with Crippen molar-refractivity contribution in [3.05, 3.63) is 53.1 Å². The number of ether oxygens (including phenoxy) is 1. The van der Waals surface area contributed by atoms with Gasteiger partial charge in [0.05, 0.1) is 10.9 Å². The van der Waals surface area contributed by atoms with Crippen LogP contribution in [0.5, 0.6) is 0 Å². The minimum absolute atomic E-state index is 0.0544. The second-order valence-corrected chi connectivity index (χ2v) is 7.98. The van der Waals surface area contributed by atoms with Crippen LogP contribution in [0.4, 0.5) is 5.69 Å². The number of benzene rings is 2. The van der Waals surface area contributed by atoms with Crippen molar-refractivity contribution in [1.82, 2.24) is 5.32 Å². The van der Waals surface area contributed by atoms with Gasteiger partial charge in [-0.1, -0.05) is 41.9 Å². The summed E-state index contributed by atoms with van der Waals surface area (Å²) >= 11 is 6.69. The molecule has 0 saturated carbocycles. The van der Waals surface area contributed by atoms with E-state index in [1.807, 2.05) is 42.5 Å². The molecule has 3 amide bonds. The third-order valence-electron chi connectivity index (χ3n) is 5.77. The molecular formula is C23H23ClN2O4. The summed E-state index contributed by atoms with van der Waals surface area (Å²) in [5.41, 5.74) is 3.19. The van der Waals surface area contributed by atoms with Gasteiger partial charge in [-0.3, -0.25) is 24.6 Å². The van der Waals surface area contributed by atoms with Crippen LogP contribution < -0.4 is 10.2 Å². The van der Waals surface area contributed by atoms with E-state index < -0.39 is 5.92 Å². The second kappa shape index (κ2) is 8.58. The van der Waals surface area contributed by atoms with Gasteiger partial charge in [-0.25, -0.2) is 0 Å². The van der Waals surface area contributed by atoms with E-state index in [1.165, 1.54) is 0 Å². The summed E-state index contributed by atoms with van der Waals surface area (Å²) in [6.07, 6.45) is 2.65. The van der Waals surface area contributed by atoms with Crippen LogP contribution in [0.25, 0.3) is 11.1 Å². The monoisotopic (exact) mass is 426 g/mol. The summed E-state index contributed by atoms with van der Waals surface area (Å²) in [7, 11) is 1.62. The molecular weight excluding hydrogens is 404 g/mol. The van der Waals surface area contributed by atoms with Gasteiger partial charge in [-0.05, 0) is 42.5 Å². The minimum Gasteiger partial charge on any atom is -0.361 e. The van der Waals surface area contributed by atoms with Gasteiger partial charge < -0.3 is 4.74 Å². The molecule has 2 aliphatic heterocycles. The number of rotatable bonds is 4. The van der Waals surface area contributed by atoms with Crippen molar-refractivity contribution in [2.24, 2.45) is 0 Å². The van der Waals surface area contributed by atoms with Gasteiger partial charge in [0.1, 0.15) is 6.23 Å². The quantitative estimate of drug-likeness (QED) is 0.749. The predicted octanol–water partition coefficient (Wildman–Crippen LogP) is 4.02. The number of carbonyl (C=O) groups excluding carboxylic acids is 3. The molecule has 0 bridgehead atoms. The average molecular weight is 427 g/mol. The zero-order chi connectivity index (χ0) is 21.3. The summed E-state index contributed by atoms with van der Waals surface area (Å²) < 4.78 is 5.49. The molecule has 2 heterocycles. The largest absolute Gasteiger partial charge is 0.361 e. The van der Waals surface area contributed by atoms with E-state index in [1.54, 1.807) is 12.0 Å². The Bertz CT molecular complexity index is 989. The zero-order valence-corrected chi connectivity index (χ0v) is 17.4. The second-order valence-electron chi connectivity index (χ2n) is 7.61. The van der Waals surface area contributed by atoms with Crippen molar-refractivity contribution in [3.8, 4) is 11.1 Å². The number of piperidine rings is 2. The Morgan fingerprint density at radius 1 is 1.03 bits per heavy atom. The Hall–Kier alpha value is -2.70. The number of anilines is 1. The smallest absolute Gasteiger partial charge is 0.234 e. The standard InChI is InChI=1S/C23H23ClN2O4/c1-30-21-7-3-6-20(28)26(21)15-10-8-14(9-11-15)16-4-2-5-17(22(16)24)18-12-13-19(27)25-23(18)29/h2,4-5,8-11,18,21H,3,6-7,12-13H2,1H3,(H,25,27,29). The van der Waals surface area contributed by atoms with Gasteiger partial charge >= 0.3 is 0 Å². The van der Waals surface area contributed by atoms with Crippen LogP contribution in [0.2, 0.25) is 5.02 Å². The van der Waals surface area contributed by atoms with Crippen LogP contribution in [0.3, 0.4) is 0 Å². The fourth-order valence-corrected chi connectivity index (χ4v) is 4.57. The van der Waals surface area contributed by atoms with Crippen molar-refractivity contribution in [2.75, 3.05) is 12.0 Å². The molecule has 2 atom stereocenters. The number of methoxy groups -OCH3 is 1. The molecule has 2 saturated heterocycles. The lowest BCUT2D eigenvalue weighted by Gasteiger charge is -2.34. The van der Waals surface area contributed by atoms with Crippen LogP contribution in [0.15, 0.2) is 42.5 Å². The summed E-state index contributed by atoms with van der Waals surface area (Å²) in [6, 6.07) is 13.2. The van der Waals surface area contributed by atoms with E-state index in [0.717, 1.165) is 29.7 Å². The van der Waals surface area contributed by atoms with E-state index in [0.29, 0.717) is 29.8 Å². The molecule has 4 rings (SSSR count). The number of imide groups is 1. The first-order valence-corrected chi connectivity index (χ1v) is 10.4. The third kappa shape index (κ3) is 3.85. The summed E-state index contributed by atoms with van der Waals surface area (Å²) in [5, 5.41) is 2.89. The van der Waals surface area contributed by atoms with Gasteiger partial charge in [-0.15, -0.1) is 0 Å². The highest BCUT2D eigenvalue weighted by atomic mass is 35.5. The van der Waals surface area contributed by atoms with Crippen LogP contribution in [0, 0.1) is 0 Å². The fourth-order valence-electron chi connectivity index (χ4n) is 4.21. The Kier molecular flexibility index (Phi) is 5.88. The fraction of sp³-hybridized carbons (Fsp3) is 0.348. The lowest BCUT2D eigenvalue weighted by Crippen LogP contribution is -2.44. The summed E-state index contributed by atoms with van der Waals surface area (Å²) in [5.74, 6) is -0.947. The highest BCUT2D eigenvalue weighted by Crippen LogP contribution is 2.38. The summed E-state index contributed by atoms with van der Waals surface area (Å²) in [6.45, 7) is 0. The Balaban J connectivity index is 1.63. The average Bonchev–Trinajstić information content (AvgIpc) is 2.74. The molecule has 2 fully saturated rings. The van der Waals surface area contributed by atoms with Gasteiger partial charge in [-0.2, -0.15) is 0 Å². The Morgan fingerprint density at radius 2 is 1.80 bits per heavy atom. The van der Waals surface area contributed by atoms with E-state index in [4.69, 9.17) is 16.3 Å². The first-order chi connectivity index (χ1) is 14.5. The summed E-state index contributed by atoms with van der Waals surface area (Å²) in [4.78, 5) is 37.8. The molecule has 0 aliphatic carbocycles. The number of hydrogen-bond donors (Lipinski definition) is 1. The van der Waals surface area contributed by atoms with Crippen molar-refractivity contribution in [2.45, 2.75) is 44.2 Å². The van der Waals surface area contributed by atoms with Crippen molar-refractivity contribution in [3.63, 3.8) is 0 Å². The number of hydrogen-bond acceptors (Lipinski definition) is 4. The number of nitrogens with zero attached hydrogens (tertiary/aromatic N) is 1. The predicted molar refractivity (Wildman–Crippen MR) is 114 cm³/mol. The van der Waals surface area contributed by atoms with Crippen molar-refractivity contribution < 1.29 is 19.1 Å². The van der Waals surface area contributed by atoms with Crippen LogP contribution in [-0.4, -0.2) is 31.1 Å². The Labute approximate surface area is 180 Å². The molecule has 0 spiro atoms. The molecule has 156 valence electrons. The topological polar surface area (TPSA) is 75.7 Å². The SMILES string of the molecule is COC1CCCC(=O)N1c1ccc(-c2cccc(C3CCC(=O)NC3=O)c2Cl)cc1. The van der Waals surface area contributed by atoms with Gasteiger partial charge in [0.25, 0.3) is 0 Å². The van der Waals surface area contributed by atoms with E-state index in [2.05, 4.69) is 5.32 Å². The van der Waals surface area contributed by atoms with Crippen LogP contribution >= 0.6 is 11.6 Å². The molecule has 30 heavy (non-hydrogen) atoms. The highest BCUT2D eigenvalue weighted by molar-refractivity contribution is 6.34. The van der Waals surface area contributed by atoms with Crippen molar-refractivity contribution in [1.29, 1.82) is 0 Å². The molecule has 2 unspecified atom stereocenters. The maximum atomic E-state index is 12.4. The maximum absolute atomic E-state index is 12.4. The molecule has 6 nitrogen and oxygen atoms in total. The number of amides is 3. The highest BCUT2D eigenvalue weighted by Gasteiger charge is 2.31. The molecule has 2 aliphatic rings. The third-order valence-corrected chi connectivity index (χ3v) is 6.19. The number of halogens is 1. The molecule has 2 aromatic rings. The molecule has 0 radical (unpaired) electrons. The molecule has 2 aromatic carbocycles. The number of nitrogens with one attached hydrogen (secondary N) is 1. The first kappa shape index (κ1) is 20.6. The maximum Gasteiger partial charge on any atom is 0.234 e.